The third kappa shape index (κ3) is 4.78. The molecule has 0 radical (unpaired) electrons. The van der Waals surface area contributed by atoms with Crippen LogP contribution < -0.4 is 20.1 Å². The summed E-state index contributed by atoms with van der Waals surface area (Å²) in [4.78, 5) is 6.97. The van der Waals surface area contributed by atoms with Crippen LogP contribution in [0.3, 0.4) is 0 Å². The van der Waals surface area contributed by atoms with E-state index >= 15 is 0 Å². The minimum atomic E-state index is 0.617. The highest BCUT2D eigenvalue weighted by Crippen LogP contribution is 2.32. The lowest BCUT2D eigenvalue weighted by molar-refractivity contribution is 0.311. The quantitative estimate of drug-likeness (QED) is 0.587. The summed E-state index contributed by atoms with van der Waals surface area (Å²) >= 11 is 0. The first kappa shape index (κ1) is 17.9. The number of nitrogens with zero attached hydrogens (tertiary/aromatic N) is 2. The molecule has 0 amide bonds. The maximum absolute atomic E-state index is 5.56. The van der Waals surface area contributed by atoms with Crippen LogP contribution >= 0.6 is 0 Å². The summed E-state index contributed by atoms with van der Waals surface area (Å²) in [6.07, 6.45) is 4.06. The Kier molecular flexibility index (Phi) is 6.02. The van der Waals surface area contributed by atoms with Gasteiger partial charge in [0.1, 0.15) is 0 Å². The van der Waals surface area contributed by atoms with Crippen LogP contribution in [-0.2, 0) is 0 Å². The van der Waals surface area contributed by atoms with Crippen molar-refractivity contribution in [2.24, 2.45) is 10.9 Å². The molecule has 138 valence electrons. The van der Waals surface area contributed by atoms with Crippen LogP contribution in [0.5, 0.6) is 11.5 Å². The Hall–Kier alpha value is -1.95. The molecular weight excluding hydrogens is 316 g/mol. The molecule has 1 aromatic carbocycles. The molecule has 1 atom stereocenters. The van der Waals surface area contributed by atoms with E-state index in [2.05, 4.69) is 20.5 Å². The van der Waals surface area contributed by atoms with Crippen molar-refractivity contribution < 1.29 is 9.47 Å². The average molecular weight is 346 g/mol. The van der Waals surface area contributed by atoms with Crippen molar-refractivity contribution in [1.82, 2.24) is 10.2 Å². The van der Waals surface area contributed by atoms with Gasteiger partial charge in [-0.1, -0.05) is 0 Å². The molecule has 1 saturated heterocycles. The lowest BCUT2D eigenvalue weighted by atomic mass is 10.1. The van der Waals surface area contributed by atoms with Gasteiger partial charge in [0.15, 0.2) is 17.5 Å². The summed E-state index contributed by atoms with van der Waals surface area (Å²) in [6.45, 7) is 6.00. The molecule has 0 bridgehead atoms. The Morgan fingerprint density at radius 1 is 1.28 bits per heavy atom. The van der Waals surface area contributed by atoms with E-state index in [-0.39, 0.29) is 0 Å². The van der Waals surface area contributed by atoms with Crippen LogP contribution in [0.2, 0.25) is 0 Å². The Bertz CT molecular complexity index is 601. The fourth-order valence-corrected chi connectivity index (χ4v) is 3.38. The molecule has 2 aliphatic rings. The van der Waals surface area contributed by atoms with E-state index in [4.69, 9.17) is 9.47 Å². The second-order valence-electron chi connectivity index (χ2n) is 6.76. The molecule has 1 aliphatic carbocycles. The second kappa shape index (κ2) is 8.43. The normalized spacial score (nSPS) is 21.2. The molecule has 2 N–H and O–H groups in total. The molecule has 25 heavy (non-hydrogen) atoms. The molecule has 1 aromatic rings. The molecule has 1 unspecified atom stereocenters. The first-order valence-corrected chi connectivity index (χ1v) is 9.26. The van der Waals surface area contributed by atoms with Crippen molar-refractivity contribution in [3.8, 4) is 11.5 Å². The maximum Gasteiger partial charge on any atom is 0.195 e. The van der Waals surface area contributed by atoms with Gasteiger partial charge in [-0.2, -0.15) is 0 Å². The topological polar surface area (TPSA) is 58.1 Å². The van der Waals surface area contributed by atoms with E-state index < -0.39 is 0 Å². The van der Waals surface area contributed by atoms with Gasteiger partial charge >= 0.3 is 0 Å². The summed E-state index contributed by atoms with van der Waals surface area (Å²) < 4.78 is 11.0. The molecule has 1 aliphatic heterocycles. The van der Waals surface area contributed by atoms with Crippen LogP contribution in [0, 0.1) is 5.92 Å². The SMILES string of the molecule is CCOc1ccc(NC(=NC)NCC2CCN(C3CC3)C2)cc1OC. The highest BCUT2D eigenvalue weighted by molar-refractivity contribution is 5.93. The monoisotopic (exact) mass is 346 g/mol. The van der Waals surface area contributed by atoms with Gasteiger partial charge < -0.3 is 25.0 Å². The molecule has 2 fully saturated rings. The fraction of sp³-hybridized carbons (Fsp3) is 0.632. The summed E-state index contributed by atoms with van der Waals surface area (Å²) in [5.41, 5.74) is 0.930. The zero-order chi connectivity index (χ0) is 17.6. The number of anilines is 1. The number of methoxy groups -OCH3 is 1. The van der Waals surface area contributed by atoms with Gasteiger partial charge in [-0.05, 0) is 50.8 Å². The van der Waals surface area contributed by atoms with Gasteiger partial charge in [0.25, 0.3) is 0 Å². The maximum atomic E-state index is 5.56. The Morgan fingerprint density at radius 3 is 2.80 bits per heavy atom. The van der Waals surface area contributed by atoms with E-state index in [0.717, 1.165) is 35.7 Å². The predicted molar refractivity (Wildman–Crippen MR) is 102 cm³/mol. The van der Waals surface area contributed by atoms with Crippen LogP contribution in [0.25, 0.3) is 0 Å². The summed E-state index contributed by atoms with van der Waals surface area (Å²) in [6, 6.07) is 6.70. The number of hydrogen-bond donors (Lipinski definition) is 2. The minimum Gasteiger partial charge on any atom is -0.493 e. The minimum absolute atomic E-state index is 0.617. The first-order chi connectivity index (χ1) is 12.2. The molecule has 0 aromatic heterocycles. The summed E-state index contributed by atoms with van der Waals surface area (Å²) in [5.74, 6) is 2.97. The number of guanidine groups is 1. The third-order valence-electron chi connectivity index (χ3n) is 4.89. The fourth-order valence-electron chi connectivity index (χ4n) is 3.38. The standard InChI is InChI=1S/C19H30N4O2/c1-4-25-17-8-5-15(11-18(17)24-3)22-19(20-2)21-12-14-9-10-23(13-14)16-6-7-16/h5,8,11,14,16H,4,6-7,9-10,12-13H2,1-3H3,(H2,20,21,22). The van der Waals surface area contributed by atoms with Crippen molar-refractivity contribution >= 4 is 11.6 Å². The van der Waals surface area contributed by atoms with Crippen molar-refractivity contribution in [1.29, 1.82) is 0 Å². The molecule has 1 heterocycles. The lowest BCUT2D eigenvalue weighted by Crippen LogP contribution is -2.35. The van der Waals surface area contributed by atoms with Crippen LogP contribution in [0.15, 0.2) is 23.2 Å². The van der Waals surface area contributed by atoms with Gasteiger partial charge in [-0.15, -0.1) is 0 Å². The third-order valence-corrected chi connectivity index (χ3v) is 4.89. The summed E-state index contributed by atoms with van der Waals surface area (Å²) in [5, 5.41) is 6.79. The highest BCUT2D eigenvalue weighted by Gasteiger charge is 2.34. The van der Waals surface area contributed by atoms with Crippen LogP contribution in [0.1, 0.15) is 26.2 Å². The highest BCUT2D eigenvalue weighted by atomic mass is 16.5. The van der Waals surface area contributed by atoms with E-state index in [0.29, 0.717) is 12.5 Å². The lowest BCUT2D eigenvalue weighted by Gasteiger charge is -2.17. The average Bonchev–Trinajstić information content (AvgIpc) is 3.38. The number of benzene rings is 1. The van der Waals surface area contributed by atoms with Crippen LogP contribution in [-0.4, -0.2) is 57.3 Å². The Labute approximate surface area is 150 Å². The zero-order valence-electron chi connectivity index (χ0n) is 15.5. The van der Waals surface area contributed by atoms with E-state index in [1.165, 1.54) is 32.4 Å². The van der Waals surface area contributed by atoms with Crippen molar-refractivity contribution in [2.45, 2.75) is 32.2 Å². The Morgan fingerprint density at radius 2 is 2.12 bits per heavy atom. The van der Waals surface area contributed by atoms with E-state index in [1.54, 1.807) is 14.2 Å². The van der Waals surface area contributed by atoms with Crippen molar-refractivity contribution in [2.75, 3.05) is 45.7 Å². The molecular formula is C19H30N4O2. The van der Waals surface area contributed by atoms with Gasteiger partial charge in [0.05, 0.1) is 13.7 Å². The molecule has 3 rings (SSSR count). The number of hydrogen-bond acceptors (Lipinski definition) is 4. The van der Waals surface area contributed by atoms with Gasteiger partial charge in [0, 0.05) is 37.9 Å². The van der Waals surface area contributed by atoms with Gasteiger partial charge in [0.2, 0.25) is 0 Å². The molecule has 0 spiro atoms. The number of rotatable bonds is 7. The Balaban J connectivity index is 1.51. The number of nitrogens with one attached hydrogen (secondary N) is 2. The van der Waals surface area contributed by atoms with E-state index in [9.17, 15) is 0 Å². The number of ether oxygens (including phenoxy) is 2. The molecule has 6 heteroatoms. The van der Waals surface area contributed by atoms with Gasteiger partial charge in [-0.3, -0.25) is 4.99 Å². The number of aliphatic imine (C=N–C) groups is 1. The zero-order valence-corrected chi connectivity index (χ0v) is 15.5. The smallest absolute Gasteiger partial charge is 0.195 e. The van der Waals surface area contributed by atoms with Gasteiger partial charge in [-0.25, -0.2) is 0 Å². The predicted octanol–water partition coefficient (Wildman–Crippen LogP) is 2.57. The number of likely N-dealkylation sites (tertiary alicyclic amines) is 1. The van der Waals surface area contributed by atoms with Crippen molar-refractivity contribution in [3.63, 3.8) is 0 Å². The largest absolute Gasteiger partial charge is 0.493 e. The van der Waals surface area contributed by atoms with Crippen molar-refractivity contribution in [3.05, 3.63) is 18.2 Å². The van der Waals surface area contributed by atoms with Crippen LogP contribution in [0.4, 0.5) is 5.69 Å². The second-order valence-corrected chi connectivity index (χ2v) is 6.76. The summed E-state index contributed by atoms with van der Waals surface area (Å²) in [7, 11) is 3.45. The first-order valence-electron chi connectivity index (χ1n) is 9.26. The molecule has 6 nitrogen and oxygen atoms in total. The molecule has 1 saturated carbocycles. The van der Waals surface area contributed by atoms with E-state index in [1.807, 2.05) is 25.1 Å².